The van der Waals surface area contributed by atoms with E-state index in [4.69, 9.17) is 15.3 Å². The lowest BCUT2D eigenvalue weighted by Crippen LogP contribution is -2.45. The van der Waals surface area contributed by atoms with Crippen molar-refractivity contribution in [2.45, 2.75) is 34.8 Å². The molecule has 51 heavy (non-hydrogen) atoms. The normalized spacial score (nSPS) is 14.5. The molecule has 1 saturated heterocycles. The number of para-hydroxylation sites is 1. The molecule has 1 aromatic heterocycles. The third-order valence-corrected chi connectivity index (χ3v) is 12.7. The van der Waals surface area contributed by atoms with Crippen molar-refractivity contribution in [1.29, 1.82) is 10.5 Å². The van der Waals surface area contributed by atoms with Crippen LogP contribution in [-0.4, -0.2) is 70.3 Å². The van der Waals surface area contributed by atoms with Crippen LogP contribution in [0.2, 0.25) is 0 Å². The number of nitrogens with one attached hydrogen (secondary N) is 3. The zero-order valence-electron chi connectivity index (χ0n) is 27.1. The summed E-state index contributed by atoms with van der Waals surface area (Å²) in [6, 6.07) is 25.3. The zero-order chi connectivity index (χ0) is 36.2. The molecule has 14 nitrogen and oxygen atoms in total. The van der Waals surface area contributed by atoms with Crippen LogP contribution in [0.5, 0.6) is 5.75 Å². The third-order valence-electron chi connectivity index (χ3n) is 8.51. The molecule has 0 saturated carbocycles. The maximum absolute atomic E-state index is 13.9. The lowest BCUT2D eigenvalue weighted by atomic mass is 10.0. The molecule has 16 heteroatoms. The monoisotopic (exact) mass is 727 g/mol. The summed E-state index contributed by atoms with van der Waals surface area (Å²) in [5.74, 6) is 0.464. The first-order valence-electron chi connectivity index (χ1n) is 15.9. The zero-order valence-corrected chi connectivity index (χ0v) is 28.7. The van der Waals surface area contributed by atoms with E-state index in [1.54, 1.807) is 30.3 Å². The smallest absolute Gasteiger partial charge is 0.323 e. The van der Waals surface area contributed by atoms with E-state index < -0.39 is 26.2 Å². The highest BCUT2D eigenvalue weighted by atomic mass is 32.3. The first kappa shape index (κ1) is 35.2. The molecule has 0 unspecified atom stereocenters. The summed E-state index contributed by atoms with van der Waals surface area (Å²) in [6.45, 7) is 1.64. The Bertz CT molecular complexity index is 2290. The first-order valence-corrected chi connectivity index (χ1v) is 18.8. The fourth-order valence-electron chi connectivity index (χ4n) is 5.83. The second kappa shape index (κ2) is 14.7. The molecule has 262 valence electrons. The van der Waals surface area contributed by atoms with Crippen molar-refractivity contribution in [3.8, 4) is 17.9 Å². The van der Waals surface area contributed by atoms with Crippen LogP contribution in [0.25, 0.3) is 11.0 Å². The Balaban J connectivity index is 1.11. The molecule has 1 atom stereocenters. The molecular weight excluding hydrogens is 695 g/mol. The number of aliphatic hydroxyl groups excluding tert-OH is 1. The number of hydrogen-bond donors (Lipinski definition) is 4. The van der Waals surface area contributed by atoms with E-state index in [1.165, 1.54) is 60.7 Å². The molecule has 0 amide bonds. The van der Waals surface area contributed by atoms with Crippen molar-refractivity contribution in [3.63, 3.8) is 0 Å². The Morgan fingerprint density at radius 1 is 0.843 bits per heavy atom. The molecule has 6 rings (SSSR count). The highest BCUT2D eigenvalue weighted by molar-refractivity contribution is 8.10. The number of benzene rings is 4. The fraction of sp³-hybridized carbons (Fsp3) is 0.229. The van der Waals surface area contributed by atoms with E-state index in [-0.39, 0.29) is 44.9 Å². The van der Waals surface area contributed by atoms with E-state index in [1.807, 2.05) is 12.1 Å². The van der Waals surface area contributed by atoms with Crippen LogP contribution in [0.15, 0.2) is 106 Å². The molecule has 4 aromatic carbocycles. The topological polar surface area (TPSA) is 212 Å². The Labute approximate surface area is 294 Å². The number of rotatable bonds is 12. The summed E-state index contributed by atoms with van der Waals surface area (Å²) >= 11 is 0. The lowest BCUT2D eigenvalue weighted by molar-refractivity contribution is 0.103. The third kappa shape index (κ3) is 7.59. The molecule has 1 fully saturated rings. The van der Waals surface area contributed by atoms with E-state index >= 15 is 0 Å². The SMILES string of the molecule is N#Cc1ccc(S(=O)(=O)N(c2ccc(N3CCC(NC[C@H](O)COc4cccc5[nH]c(=O)[nH]c45)CC3)cc2)S(=O)(=O)c2ccc(C#N)cc2)cc1. The van der Waals surface area contributed by atoms with Gasteiger partial charge in [-0.2, -0.15) is 14.2 Å². The van der Waals surface area contributed by atoms with Gasteiger partial charge in [-0.25, -0.2) is 21.6 Å². The van der Waals surface area contributed by atoms with E-state index in [2.05, 4.69) is 20.2 Å². The molecule has 1 aliphatic rings. The number of hydrogen-bond acceptors (Lipinski definition) is 11. The molecule has 2 heterocycles. The minimum atomic E-state index is -4.68. The Hall–Kier alpha value is -5.65. The molecule has 5 aromatic rings. The van der Waals surface area contributed by atoms with Gasteiger partial charge in [0.15, 0.2) is 0 Å². The van der Waals surface area contributed by atoms with Gasteiger partial charge in [-0.05, 0) is 97.8 Å². The molecule has 0 spiro atoms. The number of aliphatic hydroxyl groups is 1. The van der Waals surface area contributed by atoms with Crippen LogP contribution in [0, 0.1) is 22.7 Å². The molecule has 4 N–H and O–H groups in total. The van der Waals surface area contributed by atoms with E-state index in [9.17, 15) is 26.7 Å². The van der Waals surface area contributed by atoms with E-state index in [0.29, 0.717) is 40.1 Å². The maximum atomic E-state index is 13.9. The van der Waals surface area contributed by atoms with Crippen molar-refractivity contribution < 1.29 is 26.7 Å². The van der Waals surface area contributed by atoms with Gasteiger partial charge in [-0.15, -0.1) is 0 Å². The van der Waals surface area contributed by atoms with Crippen molar-refractivity contribution in [3.05, 3.63) is 113 Å². The van der Waals surface area contributed by atoms with Gasteiger partial charge in [0, 0.05) is 31.4 Å². The number of fused-ring (bicyclic) bond motifs is 1. The van der Waals surface area contributed by atoms with Gasteiger partial charge < -0.3 is 30.0 Å². The van der Waals surface area contributed by atoms with Gasteiger partial charge in [0.2, 0.25) is 0 Å². The number of aromatic nitrogens is 2. The van der Waals surface area contributed by atoms with Crippen LogP contribution in [-0.2, 0) is 20.0 Å². The van der Waals surface area contributed by atoms with Crippen LogP contribution >= 0.6 is 0 Å². The number of H-pyrrole nitrogens is 2. The Kier molecular flexibility index (Phi) is 10.1. The van der Waals surface area contributed by atoms with Gasteiger partial charge in [-0.3, -0.25) is 0 Å². The number of nitrogens with zero attached hydrogens (tertiary/aromatic N) is 4. The quantitative estimate of drug-likeness (QED) is 0.147. The minimum Gasteiger partial charge on any atom is -0.489 e. The number of nitriles is 2. The summed E-state index contributed by atoms with van der Waals surface area (Å²) < 4.78 is 61.8. The molecule has 1 aliphatic heterocycles. The average Bonchev–Trinajstić information content (AvgIpc) is 3.54. The summed E-state index contributed by atoms with van der Waals surface area (Å²) in [4.78, 5) is 18.5. The summed E-state index contributed by atoms with van der Waals surface area (Å²) in [6.07, 6.45) is 0.720. The Morgan fingerprint density at radius 2 is 1.41 bits per heavy atom. The molecule has 0 aliphatic carbocycles. The number of ether oxygens (including phenoxy) is 1. The van der Waals surface area contributed by atoms with Crippen LogP contribution < -0.4 is 24.4 Å². The van der Waals surface area contributed by atoms with Gasteiger partial charge in [-0.1, -0.05) is 6.07 Å². The van der Waals surface area contributed by atoms with Crippen molar-refractivity contribution in [1.82, 2.24) is 15.3 Å². The van der Waals surface area contributed by atoms with Gasteiger partial charge in [0.05, 0.1) is 44.3 Å². The second-order valence-electron chi connectivity index (χ2n) is 11.9. The maximum Gasteiger partial charge on any atom is 0.323 e. The average molecular weight is 728 g/mol. The fourth-order valence-corrected chi connectivity index (χ4v) is 9.52. The minimum absolute atomic E-state index is 0.0311. The highest BCUT2D eigenvalue weighted by Crippen LogP contribution is 2.33. The summed E-state index contributed by atoms with van der Waals surface area (Å²) in [5.41, 5.74) is 1.90. The number of aromatic amines is 2. The number of piperidine rings is 1. The van der Waals surface area contributed by atoms with Crippen LogP contribution in [0.3, 0.4) is 0 Å². The largest absolute Gasteiger partial charge is 0.489 e. The van der Waals surface area contributed by atoms with Crippen LogP contribution in [0.1, 0.15) is 24.0 Å². The molecular formula is C35H33N7O7S2. The molecule has 0 bridgehead atoms. The number of anilines is 2. The van der Waals surface area contributed by atoms with Crippen molar-refractivity contribution in [2.75, 3.05) is 34.9 Å². The highest BCUT2D eigenvalue weighted by Gasteiger charge is 2.37. The van der Waals surface area contributed by atoms with Crippen LogP contribution in [0.4, 0.5) is 11.4 Å². The first-order chi connectivity index (χ1) is 24.5. The second-order valence-corrected chi connectivity index (χ2v) is 15.7. The van der Waals surface area contributed by atoms with Crippen molar-refractivity contribution >= 4 is 42.5 Å². The summed E-state index contributed by atoms with van der Waals surface area (Å²) in [5, 5.41) is 32.2. The predicted molar refractivity (Wildman–Crippen MR) is 189 cm³/mol. The standard InChI is InChI=1S/C35H33N7O7S2/c36-20-24-4-12-30(13-5-24)50(45,46)42(51(47,48)31-14-6-25(21-37)7-15-31)28-10-8-27(9-11-28)41-18-16-26(17-19-41)38-22-29(43)23-49-33-3-1-2-32-34(33)40-35(44)39-32/h1-15,26,29,38,43H,16-19,22-23H2,(H2,39,40,44)/t29-/m0/s1. The predicted octanol–water partition coefficient (Wildman–Crippen LogP) is 3.18. The van der Waals surface area contributed by atoms with E-state index in [0.717, 1.165) is 18.5 Å². The lowest BCUT2D eigenvalue weighted by Gasteiger charge is -2.34. The number of imidazole rings is 1. The van der Waals surface area contributed by atoms with Gasteiger partial charge in [0.25, 0.3) is 20.0 Å². The summed E-state index contributed by atoms with van der Waals surface area (Å²) in [7, 11) is -9.37. The number of sulfonamides is 2. The van der Waals surface area contributed by atoms with Gasteiger partial charge in [0.1, 0.15) is 24.0 Å². The van der Waals surface area contributed by atoms with Gasteiger partial charge >= 0.3 is 5.69 Å². The Morgan fingerprint density at radius 3 is 1.96 bits per heavy atom. The molecule has 0 radical (unpaired) electrons. The van der Waals surface area contributed by atoms with Crippen molar-refractivity contribution in [2.24, 2.45) is 0 Å².